The maximum Gasteiger partial charge on any atom is 0.309 e. The maximum atomic E-state index is 11.3. The standard InChI is InChI=1S/C9H14O5/c1-13-8(11)6-3-5(4-10)7(6)9(12)14-2/h5-7,10H,3-4H2,1-2H3/t5-,6+,7-/m1/s1. The third kappa shape index (κ3) is 1.72. The van der Waals surface area contributed by atoms with Crippen LogP contribution in [0.3, 0.4) is 0 Å². The maximum absolute atomic E-state index is 11.3. The highest BCUT2D eigenvalue weighted by Crippen LogP contribution is 2.41. The van der Waals surface area contributed by atoms with Crippen LogP contribution in [0, 0.1) is 17.8 Å². The number of carbonyl (C=O) groups is 2. The average Bonchev–Trinajstić information content (AvgIpc) is 2.16. The minimum atomic E-state index is -0.544. The molecule has 0 aliphatic heterocycles. The number of carbonyl (C=O) groups excluding carboxylic acids is 2. The Morgan fingerprint density at radius 2 is 1.86 bits per heavy atom. The number of esters is 2. The molecule has 3 atom stereocenters. The van der Waals surface area contributed by atoms with Gasteiger partial charge in [0.1, 0.15) is 0 Å². The summed E-state index contributed by atoms with van der Waals surface area (Å²) in [5, 5.41) is 8.91. The highest BCUT2D eigenvalue weighted by molar-refractivity contribution is 5.84. The van der Waals surface area contributed by atoms with Gasteiger partial charge in [-0.3, -0.25) is 9.59 Å². The van der Waals surface area contributed by atoms with E-state index in [9.17, 15) is 9.59 Å². The van der Waals surface area contributed by atoms with Crippen molar-refractivity contribution in [1.29, 1.82) is 0 Å². The molecule has 0 radical (unpaired) electrons. The quantitative estimate of drug-likeness (QED) is 0.629. The average molecular weight is 202 g/mol. The van der Waals surface area contributed by atoms with Crippen molar-refractivity contribution in [1.82, 2.24) is 0 Å². The summed E-state index contributed by atoms with van der Waals surface area (Å²) in [6.45, 7) is -0.104. The van der Waals surface area contributed by atoms with E-state index in [0.717, 1.165) is 0 Å². The number of ether oxygens (including phenoxy) is 2. The number of rotatable bonds is 3. The van der Waals surface area contributed by atoms with Crippen LogP contribution in [0.4, 0.5) is 0 Å². The predicted octanol–water partition coefficient (Wildman–Crippen LogP) is -0.423. The lowest BCUT2D eigenvalue weighted by molar-refractivity contribution is -0.171. The molecule has 0 aromatic heterocycles. The molecule has 0 spiro atoms. The summed E-state index contributed by atoms with van der Waals surface area (Å²) in [6, 6.07) is 0. The van der Waals surface area contributed by atoms with Crippen LogP contribution in [0.5, 0.6) is 0 Å². The molecule has 0 aromatic carbocycles. The highest BCUT2D eigenvalue weighted by atomic mass is 16.5. The third-order valence-electron chi connectivity index (χ3n) is 2.71. The molecular formula is C9H14O5. The van der Waals surface area contributed by atoms with Gasteiger partial charge in [0.15, 0.2) is 0 Å². The summed E-state index contributed by atoms with van der Waals surface area (Å²) in [7, 11) is 2.55. The zero-order valence-corrected chi connectivity index (χ0v) is 8.23. The summed E-state index contributed by atoms with van der Waals surface area (Å²) < 4.78 is 9.10. The van der Waals surface area contributed by atoms with E-state index in [1.54, 1.807) is 0 Å². The number of methoxy groups -OCH3 is 2. The second-order valence-electron chi connectivity index (χ2n) is 3.36. The smallest absolute Gasteiger partial charge is 0.309 e. The molecule has 0 amide bonds. The van der Waals surface area contributed by atoms with Crippen molar-refractivity contribution in [3.63, 3.8) is 0 Å². The van der Waals surface area contributed by atoms with Crippen molar-refractivity contribution < 1.29 is 24.2 Å². The summed E-state index contributed by atoms with van der Waals surface area (Å²) in [5.74, 6) is -2.04. The third-order valence-corrected chi connectivity index (χ3v) is 2.71. The summed E-state index contributed by atoms with van der Waals surface area (Å²) >= 11 is 0. The van der Waals surface area contributed by atoms with Crippen LogP contribution in [-0.4, -0.2) is 37.9 Å². The van der Waals surface area contributed by atoms with E-state index in [-0.39, 0.29) is 12.5 Å². The molecule has 1 N–H and O–H groups in total. The Labute approximate surface area is 82.0 Å². The number of hydrogen-bond acceptors (Lipinski definition) is 5. The van der Waals surface area contributed by atoms with Crippen LogP contribution < -0.4 is 0 Å². The van der Waals surface area contributed by atoms with Crippen LogP contribution in [0.25, 0.3) is 0 Å². The summed E-state index contributed by atoms with van der Waals surface area (Å²) in [5.41, 5.74) is 0. The Morgan fingerprint density at radius 1 is 1.29 bits per heavy atom. The monoisotopic (exact) mass is 202 g/mol. The fourth-order valence-corrected chi connectivity index (χ4v) is 1.83. The highest BCUT2D eigenvalue weighted by Gasteiger charge is 2.50. The van der Waals surface area contributed by atoms with E-state index in [0.29, 0.717) is 6.42 Å². The van der Waals surface area contributed by atoms with Gasteiger partial charge < -0.3 is 14.6 Å². The SMILES string of the molecule is COC(=O)[C@@H]1[C@@H](CO)C[C@@H]1C(=O)OC. The van der Waals surface area contributed by atoms with Gasteiger partial charge in [0.25, 0.3) is 0 Å². The molecule has 5 heteroatoms. The zero-order chi connectivity index (χ0) is 10.7. The minimum Gasteiger partial charge on any atom is -0.469 e. The van der Waals surface area contributed by atoms with E-state index < -0.39 is 23.8 Å². The first-order valence-electron chi connectivity index (χ1n) is 4.42. The van der Waals surface area contributed by atoms with E-state index in [4.69, 9.17) is 5.11 Å². The number of aliphatic hydroxyl groups is 1. The first kappa shape index (κ1) is 11.0. The van der Waals surface area contributed by atoms with Gasteiger partial charge in [-0.05, 0) is 12.3 Å². The molecule has 0 bridgehead atoms. The van der Waals surface area contributed by atoms with Crippen molar-refractivity contribution in [3.8, 4) is 0 Å². The normalized spacial score (nSPS) is 30.4. The van der Waals surface area contributed by atoms with Gasteiger partial charge in [-0.2, -0.15) is 0 Å². The minimum absolute atomic E-state index is 0.104. The Bertz CT molecular complexity index is 237. The van der Waals surface area contributed by atoms with E-state index in [1.807, 2.05) is 0 Å². The second-order valence-corrected chi connectivity index (χ2v) is 3.36. The van der Waals surface area contributed by atoms with Gasteiger partial charge in [0.2, 0.25) is 0 Å². The lowest BCUT2D eigenvalue weighted by atomic mass is 9.65. The summed E-state index contributed by atoms with van der Waals surface area (Å²) in [6.07, 6.45) is 0.489. The van der Waals surface area contributed by atoms with Gasteiger partial charge in [0, 0.05) is 6.61 Å². The number of aliphatic hydroxyl groups excluding tert-OH is 1. The Balaban J connectivity index is 2.64. The number of hydrogen-bond donors (Lipinski definition) is 1. The Hall–Kier alpha value is -1.10. The van der Waals surface area contributed by atoms with Crippen LogP contribution in [0.1, 0.15) is 6.42 Å². The van der Waals surface area contributed by atoms with Crippen LogP contribution >= 0.6 is 0 Å². The Morgan fingerprint density at radius 3 is 2.29 bits per heavy atom. The lowest BCUT2D eigenvalue weighted by Gasteiger charge is -2.39. The topological polar surface area (TPSA) is 72.8 Å². The molecule has 1 saturated carbocycles. The largest absolute Gasteiger partial charge is 0.469 e. The molecule has 1 rings (SSSR count). The molecule has 1 fully saturated rings. The molecule has 5 nitrogen and oxygen atoms in total. The van der Waals surface area contributed by atoms with Crippen molar-refractivity contribution >= 4 is 11.9 Å². The Kier molecular flexibility index (Phi) is 3.46. The van der Waals surface area contributed by atoms with E-state index in [2.05, 4.69) is 9.47 Å². The van der Waals surface area contributed by atoms with Gasteiger partial charge in [-0.25, -0.2) is 0 Å². The fourth-order valence-electron chi connectivity index (χ4n) is 1.83. The van der Waals surface area contributed by atoms with Crippen molar-refractivity contribution in [2.24, 2.45) is 17.8 Å². The first-order valence-corrected chi connectivity index (χ1v) is 4.42. The van der Waals surface area contributed by atoms with Gasteiger partial charge in [-0.15, -0.1) is 0 Å². The van der Waals surface area contributed by atoms with Crippen LogP contribution in [0.15, 0.2) is 0 Å². The van der Waals surface area contributed by atoms with E-state index in [1.165, 1.54) is 14.2 Å². The molecular weight excluding hydrogens is 188 g/mol. The van der Waals surface area contributed by atoms with Gasteiger partial charge in [0.05, 0.1) is 26.1 Å². The fraction of sp³-hybridized carbons (Fsp3) is 0.778. The second kappa shape index (κ2) is 4.41. The predicted molar refractivity (Wildman–Crippen MR) is 46.2 cm³/mol. The summed E-state index contributed by atoms with van der Waals surface area (Å²) in [4.78, 5) is 22.4. The first-order chi connectivity index (χ1) is 6.65. The molecule has 0 heterocycles. The lowest BCUT2D eigenvalue weighted by Crippen LogP contribution is -2.48. The van der Waals surface area contributed by atoms with E-state index >= 15 is 0 Å². The van der Waals surface area contributed by atoms with Gasteiger partial charge in [-0.1, -0.05) is 0 Å². The molecule has 14 heavy (non-hydrogen) atoms. The zero-order valence-electron chi connectivity index (χ0n) is 8.23. The van der Waals surface area contributed by atoms with Crippen molar-refractivity contribution in [2.45, 2.75) is 6.42 Å². The molecule has 0 unspecified atom stereocenters. The molecule has 0 saturated heterocycles. The molecule has 80 valence electrons. The molecule has 1 aliphatic rings. The van der Waals surface area contributed by atoms with Crippen molar-refractivity contribution in [3.05, 3.63) is 0 Å². The van der Waals surface area contributed by atoms with Gasteiger partial charge >= 0.3 is 11.9 Å². The molecule has 0 aromatic rings. The van der Waals surface area contributed by atoms with Crippen LogP contribution in [-0.2, 0) is 19.1 Å². The van der Waals surface area contributed by atoms with Crippen molar-refractivity contribution in [2.75, 3.05) is 20.8 Å². The van der Waals surface area contributed by atoms with Crippen LogP contribution in [0.2, 0.25) is 0 Å². The molecule has 1 aliphatic carbocycles.